The fraction of sp³-hybridized carbons (Fsp3) is 0.300. The van der Waals surface area contributed by atoms with Crippen LogP contribution in [0.15, 0.2) is 6.07 Å². The van der Waals surface area contributed by atoms with E-state index in [9.17, 15) is 4.39 Å². The summed E-state index contributed by atoms with van der Waals surface area (Å²) in [4.78, 5) is 0. The van der Waals surface area contributed by atoms with Crippen LogP contribution in [-0.4, -0.2) is 0 Å². The first-order valence-corrected chi connectivity index (χ1v) is 4.41. The maximum atomic E-state index is 13.5. The van der Waals surface area contributed by atoms with Crippen molar-refractivity contribution in [2.75, 3.05) is 5.73 Å². The van der Waals surface area contributed by atoms with Crippen LogP contribution >= 0.6 is 0 Å². The van der Waals surface area contributed by atoms with Gasteiger partial charge in [0.15, 0.2) is 0 Å². The van der Waals surface area contributed by atoms with Gasteiger partial charge in [-0.1, -0.05) is 0 Å². The molecule has 0 amide bonds. The number of nitrogen functional groups attached to an aromatic ring is 1. The molecule has 72 valence electrons. The Balaban J connectivity index is 2.72. The molecular formula is C10H10FN3. The van der Waals surface area contributed by atoms with E-state index in [0.29, 0.717) is 29.7 Å². The van der Waals surface area contributed by atoms with Gasteiger partial charge in [-0.2, -0.15) is 5.26 Å². The van der Waals surface area contributed by atoms with E-state index in [1.165, 1.54) is 6.07 Å². The average molecular weight is 191 g/mol. The highest BCUT2D eigenvalue weighted by Crippen LogP contribution is 2.36. The summed E-state index contributed by atoms with van der Waals surface area (Å²) in [6.45, 7) is 0. The summed E-state index contributed by atoms with van der Waals surface area (Å²) in [5.74, 6) is -0.407. The molecule has 0 saturated carbocycles. The minimum atomic E-state index is -0.407. The summed E-state index contributed by atoms with van der Waals surface area (Å²) in [6.07, 6.45) is 1.36. The molecule has 3 nitrogen and oxygen atoms in total. The molecule has 1 atom stereocenters. The highest BCUT2D eigenvalue weighted by molar-refractivity contribution is 5.64. The Morgan fingerprint density at radius 1 is 1.57 bits per heavy atom. The molecule has 14 heavy (non-hydrogen) atoms. The molecule has 0 spiro atoms. The number of nitrogens with two attached hydrogens (primary N) is 2. The lowest BCUT2D eigenvalue weighted by molar-refractivity contribution is 0.588. The van der Waals surface area contributed by atoms with Gasteiger partial charge in [-0.15, -0.1) is 0 Å². The molecular weight excluding hydrogens is 181 g/mol. The number of hydrogen-bond acceptors (Lipinski definition) is 3. The van der Waals surface area contributed by atoms with Crippen molar-refractivity contribution < 1.29 is 4.39 Å². The minimum Gasteiger partial charge on any atom is -0.397 e. The molecule has 0 heterocycles. The second-order valence-corrected chi connectivity index (χ2v) is 3.47. The maximum Gasteiger partial charge on any atom is 0.129 e. The van der Waals surface area contributed by atoms with Crippen molar-refractivity contribution in [1.82, 2.24) is 0 Å². The SMILES string of the molecule is N#Cc1cc(F)c2c(c1N)CCC2N. The number of fused-ring (bicyclic) bond motifs is 1. The van der Waals surface area contributed by atoms with Gasteiger partial charge < -0.3 is 11.5 Å². The van der Waals surface area contributed by atoms with Gasteiger partial charge in [-0.25, -0.2) is 4.39 Å². The van der Waals surface area contributed by atoms with Gasteiger partial charge in [0.05, 0.1) is 11.3 Å². The third-order valence-electron chi connectivity index (χ3n) is 2.67. The average Bonchev–Trinajstić information content (AvgIpc) is 2.54. The molecule has 1 aliphatic carbocycles. The van der Waals surface area contributed by atoms with Crippen LogP contribution in [0.3, 0.4) is 0 Å². The number of nitriles is 1. The summed E-state index contributed by atoms with van der Waals surface area (Å²) < 4.78 is 13.5. The van der Waals surface area contributed by atoms with Crippen molar-refractivity contribution in [3.05, 3.63) is 28.6 Å². The highest BCUT2D eigenvalue weighted by atomic mass is 19.1. The van der Waals surface area contributed by atoms with Gasteiger partial charge in [-0.3, -0.25) is 0 Å². The molecule has 4 N–H and O–H groups in total. The smallest absolute Gasteiger partial charge is 0.129 e. The Morgan fingerprint density at radius 2 is 2.29 bits per heavy atom. The van der Waals surface area contributed by atoms with Crippen molar-refractivity contribution in [3.63, 3.8) is 0 Å². The Hall–Kier alpha value is -1.60. The molecule has 0 aromatic heterocycles. The predicted octanol–water partition coefficient (Wildman–Crippen LogP) is 1.23. The van der Waals surface area contributed by atoms with E-state index in [1.807, 2.05) is 6.07 Å². The predicted molar refractivity (Wildman–Crippen MR) is 50.8 cm³/mol. The van der Waals surface area contributed by atoms with Crippen LogP contribution in [0.1, 0.15) is 29.2 Å². The molecule has 0 aliphatic heterocycles. The van der Waals surface area contributed by atoms with Crippen LogP contribution in [-0.2, 0) is 6.42 Å². The van der Waals surface area contributed by atoms with E-state index < -0.39 is 5.82 Å². The first-order valence-electron chi connectivity index (χ1n) is 4.41. The summed E-state index contributed by atoms with van der Waals surface area (Å²) in [7, 11) is 0. The number of hydrogen-bond donors (Lipinski definition) is 2. The minimum absolute atomic E-state index is 0.204. The van der Waals surface area contributed by atoms with Gasteiger partial charge in [0, 0.05) is 11.6 Å². The van der Waals surface area contributed by atoms with E-state index in [-0.39, 0.29) is 11.6 Å². The topological polar surface area (TPSA) is 75.8 Å². The number of benzene rings is 1. The van der Waals surface area contributed by atoms with Crippen molar-refractivity contribution in [2.45, 2.75) is 18.9 Å². The van der Waals surface area contributed by atoms with Gasteiger partial charge in [0.1, 0.15) is 11.9 Å². The monoisotopic (exact) mass is 191 g/mol. The largest absolute Gasteiger partial charge is 0.397 e. The Morgan fingerprint density at radius 3 is 2.93 bits per heavy atom. The van der Waals surface area contributed by atoms with Crippen LogP contribution in [0.5, 0.6) is 0 Å². The molecule has 1 aromatic carbocycles. The van der Waals surface area contributed by atoms with E-state index >= 15 is 0 Å². The Bertz CT molecular complexity index is 434. The first-order chi connectivity index (χ1) is 6.65. The lowest BCUT2D eigenvalue weighted by atomic mass is 10.0. The highest BCUT2D eigenvalue weighted by Gasteiger charge is 2.26. The van der Waals surface area contributed by atoms with Crippen molar-refractivity contribution in [2.24, 2.45) is 5.73 Å². The number of rotatable bonds is 0. The zero-order valence-corrected chi connectivity index (χ0v) is 7.55. The van der Waals surface area contributed by atoms with Crippen LogP contribution in [0, 0.1) is 17.1 Å². The van der Waals surface area contributed by atoms with Gasteiger partial charge >= 0.3 is 0 Å². The third-order valence-corrected chi connectivity index (χ3v) is 2.67. The molecule has 2 rings (SSSR count). The molecule has 0 bridgehead atoms. The number of nitrogens with zero attached hydrogens (tertiary/aromatic N) is 1. The van der Waals surface area contributed by atoms with E-state index in [0.717, 1.165) is 0 Å². The van der Waals surface area contributed by atoms with E-state index in [2.05, 4.69) is 0 Å². The van der Waals surface area contributed by atoms with Crippen LogP contribution in [0.4, 0.5) is 10.1 Å². The molecule has 1 unspecified atom stereocenters. The first kappa shape index (κ1) is 8.97. The fourth-order valence-corrected chi connectivity index (χ4v) is 1.94. The van der Waals surface area contributed by atoms with E-state index in [1.54, 1.807) is 0 Å². The third kappa shape index (κ3) is 1.06. The van der Waals surface area contributed by atoms with Crippen molar-refractivity contribution >= 4 is 5.69 Å². The zero-order chi connectivity index (χ0) is 10.3. The second kappa shape index (κ2) is 2.96. The molecule has 4 heteroatoms. The lowest BCUT2D eigenvalue weighted by Crippen LogP contribution is -2.09. The van der Waals surface area contributed by atoms with Crippen LogP contribution < -0.4 is 11.5 Å². The molecule has 0 fully saturated rings. The van der Waals surface area contributed by atoms with Crippen molar-refractivity contribution in [1.29, 1.82) is 5.26 Å². The molecule has 0 radical (unpaired) electrons. The quantitative estimate of drug-likeness (QED) is 0.605. The Kier molecular flexibility index (Phi) is 1.90. The standard InChI is InChI=1S/C10H10FN3/c11-7-3-5(4-12)10(14)6-1-2-8(13)9(6)7/h3,8H,1-2,13-14H2. The summed E-state index contributed by atoms with van der Waals surface area (Å²) in [6, 6.07) is 2.76. The second-order valence-electron chi connectivity index (χ2n) is 3.47. The molecule has 1 aromatic rings. The normalized spacial score (nSPS) is 19.1. The molecule has 1 aliphatic rings. The van der Waals surface area contributed by atoms with Crippen molar-refractivity contribution in [3.8, 4) is 6.07 Å². The van der Waals surface area contributed by atoms with Crippen LogP contribution in [0.2, 0.25) is 0 Å². The summed E-state index contributed by atoms with van der Waals surface area (Å²) in [5, 5.41) is 8.71. The fourth-order valence-electron chi connectivity index (χ4n) is 1.94. The zero-order valence-electron chi connectivity index (χ0n) is 7.55. The number of halogens is 1. The summed E-state index contributed by atoms with van der Waals surface area (Å²) in [5.41, 5.74) is 13.3. The Labute approximate surface area is 81.1 Å². The van der Waals surface area contributed by atoms with Gasteiger partial charge in [0.2, 0.25) is 0 Å². The number of anilines is 1. The molecule has 0 saturated heterocycles. The van der Waals surface area contributed by atoms with E-state index in [4.69, 9.17) is 16.7 Å². The van der Waals surface area contributed by atoms with Gasteiger partial charge in [-0.05, 0) is 24.5 Å². The van der Waals surface area contributed by atoms with Gasteiger partial charge in [0.25, 0.3) is 0 Å². The maximum absolute atomic E-state index is 13.5. The summed E-state index contributed by atoms with van der Waals surface area (Å²) >= 11 is 0. The van der Waals surface area contributed by atoms with Crippen LogP contribution in [0.25, 0.3) is 0 Å². The lowest BCUT2D eigenvalue weighted by Gasteiger charge is -2.09.